The first-order valence-electron chi connectivity index (χ1n) is 6.97. The van der Waals surface area contributed by atoms with Crippen molar-refractivity contribution in [3.8, 4) is 0 Å². The first-order valence-corrected chi connectivity index (χ1v) is 8.37. The average Bonchev–Trinajstić information content (AvgIpc) is 2.94. The minimum atomic E-state index is 0.0598. The fourth-order valence-corrected chi connectivity index (χ4v) is 2.93. The van der Waals surface area contributed by atoms with Gasteiger partial charge in [-0.2, -0.15) is 11.8 Å². The van der Waals surface area contributed by atoms with Crippen LogP contribution in [-0.2, 0) is 0 Å². The van der Waals surface area contributed by atoms with Gasteiger partial charge in [-0.3, -0.25) is 4.79 Å². The third kappa shape index (κ3) is 4.01. The molecule has 1 saturated heterocycles. The highest BCUT2D eigenvalue weighted by molar-refractivity contribution is 7.98. The molecule has 4 nitrogen and oxygen atoms in total. The maximum absolute atomic E-state index is 12.2. The number of amides is 1. The van der Waals surface area contributed by atoms with Gasteiger partial charge >= 0.3 is 0 Å². The van der Waals surface area contributed by atoms with E-state index in [0.29, 0.717) is 6.04 Å². The van der Waals surface area contributed by atoms with E-state index in [-0.39, 0.29) is 5.91 Å². The molecule has 0 aromatic carbocycles. The molecule has 0 bridgehead atoms. The third-order valence-corrected chi connectivity index (χ3v) is 4.22. The zero-order chi connectivity index (χ0) is 13.5. The summed E-state index contributed by atoms with van der Waals surface area (Å²) in [4.78, 5) is 12.2. The molecule has 1 aliphatic rings. The summed E-state index contributed by atoms with van der Waals surface area (Å²) >= 11 is 1.81. The Morgan fingerprint density at radius 2 is 2.32 bits per heavy atom. The number of piperidine rings is 1. The molecular formula is C14H23N3OS. The first-order chi connectivity index (χ1) is 9.33. The third-order valence-electron chi connectivity index (χ3n) is 3.52. The number of hydrogen-bond donors (Lipinski definition) is 2. The Hall–Kier alpha value is -0.940. The van der Waals surface area contributed by atoms with Gasteiger partial charge in [-0.05, 0) is 56.5 Å². The van der Waals surface area contributed by atoms with Crippen molar-refractivity contribution in [1.29, 1.82) is 0 Å². The molecule has 1 amide bonds. The van der Waals surface area contributed by atoms with Crippen LogP contribution in [0.4, 0.5) is 0 Å². The Labute approximate surface area is 119 Å². The highest BCUT2D eigenvalue weighted by Gasteiger charge is 2.19. The van der Waals surface area contributed by atoms with Crippen LogP contribution < -0.4 is 10.6 Å². The van der Waals surface area contributed by atoms with Crippen molar-refractivity contribution in [3.63, 3.8) is 0 Å². The summed E-state index contributed by atoms with van der Waals surface area (Å²) in [6.45, 7) is 2.84. The Bertz CT molecular complexity index is 399. The lowest BCUT2D eigenvalue weighted by Gasteiger charge is -2.25. The SMILES string of the molecule is CSCCCNC(=O)c1cccn1C1CCNCC1. The first kappa shape index (κ1) is 14.5. The Kier molecular flexibility index (Phi) is 5.79. The summed E-state index contributed by atoms with van der Waals surface area (Å²) in [6, 6.07) is 4.35. The molecule has 5 heteroatoms. The van der Waals surface area contributed by atoms with E-state index in [2.05, 4.69) is 21.5 Å². The molecule has 0 atom stereocenters. The molecule has 1 aromatic heterocycles. The van der Waals surface area contributed by atoms with Crippen LogP contribution in [0.1, 0.15) is 35.8 Å². The second-order valence-corrected chi connectivity index (χ2v) is 5.87. The van der Waals surface area contributed by atoms with E-state index < -0.39 is 0 Å². The van der Waals surface area contributed by atoms with Gasteiger partial charge in [-0.15, -0.1) is 0 Å². The summed E-state index contributed by atoms with van der Waals surface area (Å²) < 4.78 is 2.14. The molecule has 0 spiro atoms. The van der Waals surface area contributed by atoms with Crippen molar-refractivity contribution < 1.29 is 4.79 Å². The highest BCUT2D eigenvalue weighted by Crippen LogP contribution is 2.21. The molecule has 0 aliphatic carbocycles. The number of aromatic nitrogens is 1. The highest BCUT2D eigenvalue weighted by atomic mass is 32.2. The summed E-state index contributed by atoms with van der Waals surface area (Å²) in [7, 11) is 0. The van der Waals surface area contributed by atoms with Gasteiger partial charge in [0.2, 0.25) is 0 Å². The predicted octanol–water partition coefficient (Wildman–Crippen LogP) is 1.90. The molecule has 2 rings (SSSR count). The second-order valence-electron chi connectivity index (χ2n) is 4.88. The normalized spacial score (nSPS) is 16.5. The largest absolute Gasteiger partial charge is 0.351 e. The van der Waals surface area contributed by atoms with Gasteiger partial charge in [0.1, 0.15) is 5.69 Å². The number of thioether (sulfide) groups is 1. The summed E-state index contributed by atoms with van der Waals surface area (Å²) in [5.41, 5.74) is 0.802. The van der Waals surface area contributed by atoms with Crippen LogP contribution >= 0.6 is 11.8 Å². The second kappa shape index (κ2) is 7.60. The number of carbonyl (C=O) groups is 1. The maximum atomic E-state index is 12.2. The van der Waals surface area contributed by atoms with E-state index in [1.807, 2.05) is 30.1 Å². The van der Waals surface area contributed by atoms with Crippen molar-refractivity contribution in [2.75, 3.05) is 31.6 Å². The Balaban J connectivity index is 1.92. The van der Waals surface area contributed by atoms with Gasteiger partial charge in [0.05, 0.1) is 0 Å². The molecular weight excluding hydrogens is 258 g/mol. The van der Waals surface area contributed by atoms with E-state index in [1.54, 1.807) is 0 Å². The monoisotopic (exact) mass is 281 g/mol. The molecule has 1 aromatic rings. The van der Waals surface area contributed by atoms with Crippen LogP contribution in [-0.4, -0.2) is 42.1 Å². The molecule has 2 N–H and O–H groups in total. The number of rotatable bonds is 6. The smallest absolute Gasteiger partial charge is 0.267 e. The topological polar surface area (TPSA) is 46.1 Å². The van der Waals surface area contributed by atoms with Crippen molar-refractivity contribution in [2.45, 2.75) is 25.3 Å². The predicted molar refractivity (Wildman–Crippen MR) is 80.9 cm³/mol. The van der Waals surface area contributed by atoms with Crippen LogP contribution in [0, 0.1) is 0 Å². The molecule has 1 fully saturated rings. The van der Waals surface area contributed by atoms with Crippen molar-refractivity contribution >= 4 is 17.7 Å². The summed E-state index contributed by atoms with van der Waals surface area (Å²) in [5, 5.41) is 6.37. The Morgan fingerprint density at radius 1 is 1.53 bits per heavy atom. The lowest BCUT2D eigenvalue weighted by atomic mass is 10.1. The van der Waals surface area contributed by atoms with Gasteiger partial charge in [0.25, 0.3) is 5.91 Å². The maximum Gasteiger partial charge on any atom is 0.267 e. The molecule has 0 saturated carbocycles. The number of hydrogen-bond acceptors (Lipinski definition) is 3. The van der Waals surface area contributed by atoms with Gasteiger partial charge in [0.15, 0.2) is 0 Å². The number of nitrogens with zero attached hydrogens (tertiary/aromatic N) is 1. The Morgan fingerprint density at radius 3 is 3.05 bits per heavy atom. The van der Waals surface area contributed by atoms with Crippen molar-refractivity contribution in [2.24, 2.45) is 0 Å². The van der Waals surface area contributed by atoms with E-state index >= 15 is 0 Å². The van der Waals surface area contributed by atoms with Crippen LogP contribution in [0.15, 0.2) is 18.3 Å². The van der Waals surface area contributed by atoms with Crippen LogP contribution in [0.5, 0.6) is 0 Å². The van der Waals surface area contributed by atoms with Gasteiger partial charge in [0, 0.05) is 18.8 Å². The lowest BCUT2D eigenvalue weighted by molar-refractivity contribution is 0.0941. The van der Waals surface area contributed by atoms with E-state index in [4.69, 9.17) is 0 Å². The van der Waals surface area contributed by atoms with Gasteiger partial charge in [-0.1, -0.05) is 0 Å². The standard InChI is InChI=1S/C14H23N3OS/c1-19-11-3-7-16-14(18)13-4-2-10-17(13)12-5-8-15-9-6-12/h2,4,10,12,15H,3,5-9,11H2,1H3,(H,16,18). The molecule has 106 valence electrons. The molecule has 0 radical (unpaired) electrons. The summed E-state index contributed by atoms with van der Waals surface area (Å²) in [5.74, 6) is 1.15. The van der Waals surface area contributed by atoms with Gasteiger partial charge < -0.3 is 15.2 Å². The molecule has 2 heterocycles. The quantitative estimate of drug-likeness (QED) is 0.783. The van der Waals surface area contributed by atoms with Crippen molar-refractivity contribution in [3.05, 3.63) is 24.0 Å². The van der Waals surface area contributed by atoms with E-state index in [0.717, 1.165) is 50.3 Å². The van der Waals surface area contributed by atoms with Crippen LogP contribution in [0.2, 0.25) is 0 Å². The lowest BCUT2D eigenvalue weighted by Crippen LogP contribution is -2.32. The zero-order valence-electron chi connectivity index (χ0n) is 11.5. The minimum Gasteiger partial charge on any atom is -0.351 e. The van der Waals surface area contributed by atoms with Crippen LogP contribution in [0.25, 0.3) is 0 Å². The van der Waals surface area contributed by atoms with E-state index in [1.165, 1.54) is 0 Å². The molecule has 0 unspecified atom stereocenters. The molecule has 19 heavy (non-hydrogen) atoms. The van der Waals surface area contributed by atoms with Crippen molar-refractivity contribution in [1.82, 2.24) is 15.2 Å². The zero-order valence-corrected chi connectivity index (χ0v) is 12.3. The average molecular weight is 281 g/mol. The van der Waals surface area contributed by atoms with E-state index in [9.17, 15) is 4.79 Å². The molecule has 1 aliphatic heterocycles. The fraction of sp³-hybridized carbons (Fsp3) is 0.643. The number of carbonyl (C=O) groups excluding carboxylic acids is 1. The van der Waals surface area contributed by atoms with Crippen LogP contribution in [0.3, 0.4) is 0 Å². The minimum absolute atomic E-state index is 0.0598. The number of nitrogens with one attached hydrogen (secondary N) is 2. The van der Waals surface area contributed by atoms with Gasteiger partial charge in [-0.25, -0.2) is 0 Å². The fourth-order valence-electron chi connectivity index (χ4n) is 2.50. The summed E-state index contributed by atoms with van der Waals surface area (Å²) in [6.07, 6.45) is 7.35.